The maximum atomic E-state index is 5.37. The quantitative estimate of drug-likeness (QED) is 0.674. The van der Waals surface area contributed by atoms with Crippen LogP contribution >= 0.6 is 11.3 Å². The standard InChI is InChI=1S/C12H21NO2S/c1-11-4-9-16-12(11)10-13-5-3-6-15-8-7-14-2/h4,9,13H,3,5-8,10H2,1-2H3. The van der Waals surface area contributed by atoms with E-state index in [1.807, 2.05) is 11.3 Å². The Bertz CT molecular complexity index is 276. The van der Waals surface area contributed by atoms with Crippen LogP contribution in [0.3, 0.4) is 0 Å². The Kier molecular flexibility index (Phi) is 7.42. The van der Waals surface area contributed by atoms with Gasteiger partial charge in [-0.15, -0.1) is 11.3 Å². The molecule has 0 spiro atoms. The van der Waals surface area contributed by atoms with Gasteiger partial charge in [0.15, 0.2) is 0 Å². The second kappa shape index (κ2) is 8.70. The average Bonchev–Trinajstić information content (AvgIpc) is 2.68. The van der Waals surface area contributed by atoms with Gasteiger partial charge in [0.1, 0.15) is 0 Å². The fourth-order valence-electron chi connectivity index (χ4n) is 1.33. The van der Waals surface area contributed by atoms with E-state index in [0.717, 1.165) is 26.1 Å². The Labute approximate surface area is 102 Å². The molecule has 0 atom stereocenters. The van der Waals surface area contributed by atoms with Gasteiger partial charge in [0.05, 0.1) is 13.2 Å². The van der Waals surface area contributed by atoms with Crippen LogP contribution in [0.4, 0.5) is 0 Å². The molecule has 1 rings (SSSR count). The number of hydrogen-bond donors (Lipinski definition) is 1. The van der Waals surface area contributed by atoms with Crippen molar-refractivity contribution in [2.24, 2.45) is 0 Å². The van der Waals surface area contributed by atoms with Gasteiger partial charge in [0.2, 0.25) is 0 Å². The number of aryl methyl sites for hydroxylation is 1. The second-order valence-electron chi connectivity index (χ2n) is 3.66. The topological polar surface area (TPSA) is 30.5 Å². The molecule has 0 bridgehead atoms. The maximum absolute atomic E-state index is 5.37. The predicted octanol–water partition coefficient (Wildman–Crippen LogP) is 2.20. The largest absolute Gasteiger partial charge is 0.382 e. The first-order valence-electron chi connectivity index (χ1n) is 5.65. The third kappa shape index (κ3) is 5.61. The Morgan fingerprint density at radius 1 is 1.31 bits per heavy atom. The molecule has 0 aliphatic rings. The zero-order valence-corrected chi connectivity index (χ0v) is 10.9. The summed E-state index contributed by atoms with van der Waals surface area (Å²) in [6.07, 6.45) is 1.05. The van der Waals surface area contributed by atoms with Crippen LogP contribution < -0.4 is 5.32 Å². The number of methoxy groups -OCH3 is 1. The molecular formula is C12H21NO2S. The van der Waals surface area contributed by atoms with Crippen LogP contribution in [0.2, 0.25) is 0 Å². The van der Waals surface area contributed by atoms with Gasteiger partial charge in [-0.3, -0.25) is 0 Å². The van der Waals surface area contributed by atoms with Crippen LogP contribution in [0.15, 0.2) is 11.4 Å². The Morgan fingerprint density at radius 2 is 2.19 bits per heavy atom. The number of rotatable bonds is 9. The van der Waals surface area contributed by atoms with Crippen molar-refractivity contribution in [2.75, 3.05) is 33.5 Å². The number of nitrogens with one attached hydrogen (secondary N) is 1. The van der Waals surface area contributed by atoms with E-state index < -0.39 is 0 Å². The molecule has 0 saturated heterocycles. The summed E-state index contributed by atoms with van der Waals surface area (Å²) in [5.74, 6) is 0. The molecule has 1 aromatic rings. The summed E-state index contributed by atoms with van der Waals surface area (Å²) in [7, 11) is 1.69. The van der Waals surface area contributed by atoms with E-state index >= 15 is 0 Å². The number of thiophene rings is 1. The maximum Gasteiger partial charge on any atom is 0.0700 e. The SMILES string of the molecule is COCCOCCCNCc1sccc1C. The van der Waals surface area contributed by atoms with E-state index in [0.29, 0.717) is 13.2 Å². The van der Waals surface area contributed by atoms with E-state index in [1.165, 1.54) is 10.4 Å². The van der Waals surface area contributed by atoms with Crippen molar-refractivity contribution >= 4 is 11.3 Å². The van der Waals surface area contributed by atoms with E-state index in [1.54, 1.807) is 7.11 Å². The van der Waals surface area contributed by atoms with Gasteiger partial charge in [-0.25, -0.2) is 0 Å². The summed E-state index contributed by atoms with van der Waals surface area (Å²) >= 11 is 1.81. The molecule has 0 radical (unpaired) electrons. The Hall–Kier alpha value is -0.420. The zero-order chi connectivity index (χ0) is 11.6. The lowest BCUT2D eigenvalue weighted by Crippen LogP contribution is -2.16. The van der Waals surface area contributed by atoms with Crippen LogP contribution in [0.5, 0.6) is 0 Å². The first-order valence-corrected chi connectivity index (χ1v) is 6.53. The molecule has 3 nitrogen and oxygen atoms in total. The molecule has 1 N–H and O–H groups in total. The zero-order valence-electron chi connectivity index (χ0n) is 10.1. The highest BCUT2D eigenvalue weighted by Gasteiger charge is 1.98. The lowest BCUT2D eigenvalue weighted by Gasteiger charge is -2.05. The summed E-state index contributed by atoms with van der Waals surface area (Å²) in [5, 5.41) is 5.56. The molecule has 0 aromatic carbocycles. The molecule has 0 amide bonds. The van der Waals surface area contributed by atoms with Crippen molar-refractivity contribution in [3.63, 3.8) is 0 Å². The molecule has 0 unspecified atom stereocenters. The number of ether oxygens (including phenoxy) is 2. The molecule has 92 valence electrons. The van der Waals surface area contributed by atoms with Crippen LogP contribution in [0.25, 0.3) is 0 Å². The minimum Gasteiger partial charge on any atom is -0.382 e. The number of hydrogen-bond acceptors (Lipinski definition) is 4. The van der Waals surface area contributed by atoms with Crippen molar-refractivity contribution < 1.29 is 9.47 Å². The lowest BCUT2D eigenvalue weighted by molar-refractivity contribution is 0.0695. The van der Waals surface area contributed by atoms with Crippen molar-refractivity contribution in [1.29, 1.82) is 0 Å². The highest BCUT2D eigenvalue weighted by atomic mass is 32.1. The van der Waals surface area contributed by atoms with Crippen molar-refractivity contribution in [3.05, 3.63) is 21.9 Å². The van der Waals surface area contributed by atoms with E-state index in [-0.39, 0.29) is 0 Å². The first kappa shape index (κ1) is 13.6. The molecule has 16 heavy (non-hydrogen) atoms. The van der Waals surface area contributed by atoms with Gasteiger partial charge >= 0.3 is 0 Å². The molecule has 0 fully saturated rings. The summed E-state index contributed by atoms with van der Waals surface area (Å²) in [6, 6.07) is 2.16. The smallest absolute Gasteiger partial charge is 0.0700 e. The van der Waals surface area contributed by atoms with Gasteiger partial charge in [0.25, 0.3) is 0 Å². The Balaban J connectivity index is 1.91. The van der Waals surface area contributed by atoms with Gasteiger partial charge in [-0.05, 0) is 36.9 Å². The van der Waals surface area contributed by atoms with Crippen molar-refractivity contribution in [3.8, 4) is 0 Å². The summed E-state index contributed by atoms with van der Waals surface area (Å²) in [5.41, 5.74) is 1.38. The highest BCUT2D eigenvalue weighted by molar-refractivity contribution is 7.10. The fourth-order valence-corrected chi connectivity index (χ4v) is 2.21. The fraction of sp³-hybridized carbons (Fsp3) is 0.667. The minimum atomic E-state index is 0.682. The third-order valence-electron chi connectivity index (χ3n) is 2.33. The normalized spacial score (nSPS) is 10.9. The molecule has 0 aliphatic heterocycles. The van der Waals surface area contributed by atoms with Gasteiger partial charge in [-0.1, -0.05) is 0 Å². The van der Waals surface area contributed by atoms with E-state index in [4.69, 9.17) is 9.47 Å². The Morgan fingerprint density at radius 3 is 2.88 bits per heavy atom. The van der Waals surface area contributed by atoms with Crippen molar-refractivity contribution in [1.82, 2.24) is 5.32 Å². The van der Waals surface area contributed by atoms with Crippen LogP contribution in [0, 0.1) is 6.92 Å². The molecular weight excluding hydrogens is 222 g/mol. The van der Waals surface area contributed by atoms with Gasteiger partial charge in [0, 0.05) is 25.1 Å². The highest BCUT2D eigenvalue weighted by Crippen LogP contribution is 2.14. The summed E-state index contributed by atoms with van der Waals surface area (Å²) < 4.78 is 10.3. The van der Waals surface area contributed by atoms with Gasteiger partial charge < -0.3 is 14.8 Å². The van der Waals surface area contributed by atoms with Crippen LogP contribution in [-0.2, 0) is 16.0 Å². The third-order valence-corrected chi connectivity index (χ3v) is 3.35. The van der Waals surface area contributed by atoms with Crippen molar-refractivity contribution in [2.45, 2.75) is 19.9 Å². The second-order valence-corrected chi connectivity index (χ2v) is 4.66. The summed E-state index contributed by atoms with van der Waals surface area (Å²) in [6.45, 7) is 6.31. The molecule has 1 aromatic heterocycles. The summed E-state index contributed by atoms with van der Waals surface area (Å²) in [4.78, 5) is 1.43. The molecule has 4 heteroatoms. The van der Waals surface area contributed by atoms with Crippen LogP contribution in [-0.4, -0.2) is 33.5 Å². The monoisotopic (exact) mass is 243 g/mol. The molecule has 0 aliphatic carbocycles. The minimum absolute atomic E-state index is 0.682. The van der Waals surface area contributed by atoms with E-state index in [2.05, 4.69) is 23.7 Å². The molecule has 1 heterocycles. The first-order chi connectivity index (χ1) is 7.84. The van der Waals surface area contributed by atoms with Gasteiger partial charge in [-0.2, -0.15) is 0 Å². The predicted molar refractivity (Wildman–Crippen MR) is 68.1 cm³/mol. The molecule has 0 saturated carbocycles. The van der Waals surface area contributed by atoms with E-state index in [9.17, 15) is 0 Å². The average molecular weight is 243 g/mol. The van der Waals surface area contributed by atoms with Crippen LogP contribution in [0.1, 0.15) is 16.9 Å². The lowest BCUT2D eigenvalue weighted by atomic mass is 10.3.